The van der Waals surface area contributed by atoms with E-state index < -0.39 is 0 Å². The summed E-state index contributed by atoms with van der Waals surface area (Å²) >= 11 is 3.75. The molecule has 5 rings (SSSR count). The van der Waals surface area contributed by atoms with Crippen molar-refractivity contribution in [1.29, 1.82) is 5.26 Å². The van der Waals surface area contributed by atoms with Crippen LogP contribution >= 0.6 is 15.9 Å². The molecule has 1 N–H and O–H groups in total. The van der Waals surface area contributed by atoms with Gasteiger partial charge < -0.3 is 10.2 Å². The number of anilines is 2. The zero-order chi connectivity index (χ0) is 28.6. The number of fused-ring (bicyclic) bond motifs is 1. The Hall–Kier alpha value is -3.77. The van der Waals surface area contributed by atoms with Crippen molar-refractivity contribution < 1.29 is 4.79 Å². The number of pyridine rings is 1. The van der Waals surface area contributed by atoms with Gasteiger partial charge in [0.2, 0.25) is 5.91 Å². The molecule has 0 bridgehead atoms. The van der Waals surface area contributed by atoms with Gasteiger partial charge in [0.25, 0.3) is 0 Å². The van der Waals surface area contributed by atoms with Crippen LogP contribution in [0.5, 0.6) is 0 Å². The first-order valence-electron chi connectivity index (χ1n) is 13.5. The molecule has 9 heteroatoms. The number of nitriles is 1. The summed E-state index contributed by atoms with van der Waals surface area (Å²) in [5.41, 5.74) is 6.01. The summed E-state index contributed by atoms with van der Waals surface area (Å²) in [5.74, 6) is -0.113. The largest absolute Gasteiger partial charge is 0.383 e. The summed E-state index contributed by atoms with van der Waals surface area (Å²) in [7, 11) is 1.78. The van der Waals surface area contributed by atoms with Crippen LogP contribution in [0, 0.1) is 16.7 Å². The molecule has 1 atom stereocenters. The van der Waals surface area contributed by atoms with E-state index in [1.165, 1.54) is 0 Å². The molecule has 1 aliphatic carbocycles. The highest BCUT2D eigenvalue weighted by atomic mass is 79.9. The average molecular weight is 601 g/mol. The summed E-state index contributed by atoms with van der Waals surface area (Å²) in [6, 6.07) is 15.0. The fourth-order valence-corrected chi connectivity index (χ4v) is 5.40. The van der Waals surface area contributed by atoms with Gasteiger partial charge in [0.15, 0.2) is 0 Å². The number of nitrogens with one attached hydrogen (secondary N) is 1. The van der Waals surface area contributed by atoms with Gasteiger partial charge in [-0.3, -0.25) is 9.78 Å². The maximum Gasteiger partial charge on any atom is 0.223 e. The molecule has 40 heavy (non-hydrogen) atoms. The molecule has 2 heterocycles. The quantitative estimate of drug-likeness (QED) is 0.244. The van der Waals surface area contributed by atoms with Crippen molar-refractivity contribution in [2.45, 2.75) is 58.9 Å². The summed E-state index contributed by atoms with van der Waals surface area (Å²) < 4.78 is 2.84. The van der Waals surface area contributed by atoms with E-state index in [0.717, 1.165) is 56.4 Å². The molecule has 2 aromatic carbocycles. The lowest BCUT2D eigenvalue weighted by Gasteiger charge is -2.22. The number of halogens is 1. The smallest absolute Gasteiger partial charge is 0.223 e. The number of carbonyl (C=O) groups is 1. The van der Waals surface area contributed by atoms with Crippen LogP contribution in [0.1, 0.15) is 74.9 Å². The SMILES string of the molecule is CC(=O)N(C)c1cccc([C@H](Cc2cc(Br)c3ncc(C#N)c(NCC(C)(C)C)c3c2)c2cn(C3CC3)nn2)c1. The van der Waals surface area contributed by atoms with Crippen LogP contribution in [0.25, 0.3) is 10.9 Å². The first-order valence-corrected chi connectivity index (χ1v) is 14.3. The van der Waals surface area contributed by atoms with Crippen molar-refractivity contribution in [3.63, 3.8) is 0 Å². The zero-order valence-corrected chi connectivity index (χ0v) is 25.2. The lowest BCUT2D eigenvalue weighted by Crippen LogP contribution is -2.23. The van der Waals surface area contributed by atoms with E-state index in [1.807, 2.05) is 16.8 Å². The maximum absolute atomic E-state index is 12.1. The third-order valence-corrected chi connectivity index (χ3v) is 7.88. The van der Waals surface area contributed by atoms with Crippen molar-refractivity contribution in [3.8, 4) is 6.07 Å². The summed E-state index contributed by atoms with van der Waals surface area (Å²) in [5, 5.41) is 23.3. The molecule has 1 amide bonds. The fourth-order valence-electron chi connectivity index (χ4n) is 4.79. The molecule has 1 saturated carbocycles. The standard InChI is InChI=1S/C31H34BrN7O/c1-19(40)38(5)24-8-6-7-21(14-24)25(28-17-39(37-36-28)23-9-10-23)11-20-12-26-29(35-18-31(2,3)4)22(15-33)16-34-30(26)27(32)13-20/h6-8,12-14,16-17,23,25H,9-11,18H2,1-5H3,(H,34,35)/t25-/m0/s1. The first kappa shape index (κ1) is 27.8. The van der Waals surface area contributed by atoms with Crippen LogP contribution in [-0.4, -0.2) is 39.5 Å². The highest BCUT2D eigenvalue weighted by Gasteiger charge is 2.27. The van der Waals surface area contributed by atoms with E-state index in [2.05, 4.69) is 93.8 Å². The van der Waals surface area contributed by atoms with Crippen molar-refractivity contribution >= 4 is 44.1 Å². The number of hydrogen-bond donors (Lipinski definition) is 1. The number of benzene rings is 2. The first-order chi connectivity index (χ1) is 19.0. The Morgan fingerprint density at radius 2 is 2.05 bits per heavy atom. The van der Waals surface area contributed by atoms with E-state index >= 15 is 0 Å². The highest BCUT2D eigenvalue weighted by Crippen LogP contribution is 2.38. The molecule has 0 radical (unpaired) electrons. The van der Waals surface area contributed by atoms with E-state index in [1.54, 1.807) is 25.1 Å². The Kier molecular flexibility index (Phi) is 7.65. The molecule has 1 fully saturated rings. The summed E-state index contributed by atoms with van der Waals surface area (Å²) in [4.78, 5) is 18.3. The van der Waals surface area contributed by atoms with Crippen LogP contribution in [0.2, 0.25) is 0 Å². The predicted molar refractivity (Wildman–Crippen MR) is 161 cm³/mol. The molecule has 4 aromatic rings. The Morgan fingerprint density at radius 1 is 1.27 bits per heavy atom. The van der Waals surface area contributed by atoms with Gasteiger partial charge in [-0.25, -0.2) is 4.68 Å². The van der Waals surface area contributed by atoms with Gasteiger partial charge in [-0.15, -0.1) is 5.10 Å². The lowest BCUT2D eigenvalue weighted by atomic mass is 9.88. The fraction of sp³-hybridized carbons (Fsp3) is 0.387. The average Bonchev–Trinajstić information content (AvgIpc) is 3.66. The van der Waals surface area contributed by atoms with Gasteiger partial charge >= 0.3 is 0 Å². The lowest BCUT2D eigenvalue weighted by molar-refractivity contribution is -0.116. The molecule has 0 unspecified atom stereocenters. The third-order valence-electron chi connectivity index (χ3n) is 7.28. The van der Waals surface area contributed by atoms with Crippen molar-refractivity contribution in [1.82, 2.24) is 20.0 Å². The number of rotatable bonds is 8. The number of amides is 1. The minimum Gasteiger partial charge on any atom is -0.383 e. The number of hydrogen-bond acceptors (Lipinski definition) is 6. The zero-order valence-electron chi connectivity index (χ0n) is 23.6. The van der Waals surface area contributed by atoms with Crippen molar-refractivity contribution in [3.05, 3.63) is 75.6 Å². The molecule has 8 nitrogen and oxygen atoms in total. The van der Waals surface area contributed by atoms with Crippen molar-refractivity contribution in [2.24, 2.45) is 5.41 Å². The molecular formula is C31H34BrN7O. The van der Waals surface area contributed by atoms with Crippen LogP contribution in [-0.2, 0) is 11.2 Å². The number of nitrogens with zero attached hydrogens (tertiary/aromatic N) is 6. The monoisotopic (exact) mass is 599 g/mol. The molecule has 1 aliphatic rings. The second-order valence-corrected chi connectivity index (χ2v) is 12.7. The van der Waals surface area contributed by atoms with E-state index in [0.29, 0.717) is 24.6 Å². The topological polar surface area (TPSA) is 99.7 Å². The normalized spacial score (nSPS) is 14.1. The van der Waals surface area contributed by atoms with Crippen molar-refractivity contribution in [2.75, 3.05) is 23.8 Å². The molecule has 0 saturated heterocycles. The summed E-state index contributed by atoms with van der Waals surface area (Å²) in [6.07, 6.45) is 6.60. The van der Waals surface area contributed by atoms with E-state index in [4.69, 9.17) is 0 Å². The minimum atomic E-state index is -0.0877. The molecule has 0 spiro atoms. The Bertz CT molecular complexity index is 1610. The van der Waals surface area contributed by atoms with Gasteiger partial charge in [-0.2, -0.15) is 5.26 Å². The van der Waals surface area contributed by atoms with Crippen LogP contribution in [0.15, 0.2) is 53.3 Å². The van der Waals surface area contributed by atoms with E-state index in [9.17, 15) is 10.1 Å². The highest BCUT2D eigenvalue weighted by molar-refractivity contribution is 9.10. The Balaban J connectivity index is 1.59. The van der Waals surface area contributed by atoms with Gasteiger partial charge in [0.1, 0.15) is 6.07 Å². The Labute approximate surface area is 243 Å². The third kappa shape index (κ3) is 6.02. The van der Waals surface area contributed by atoms with Gasteiger partial charge in [0.05, 0.1) is 28.5 Å². The molecule has 2 aromatic heterocycles. The van der Waals surface area contributed by atoms with Crippen LogP contribution in [0.4, 0.5) is 11.4 Å². The molecule has 0 aliphatic heterocycles. The molecule has 206 valence electrons. The predicted octanol–water partition coefficient (Wildman–Crippen LogP) is 6.61. The minimum absolute atomic E-state index is 0.0251. The molecular weight excluding hydrogens is 566 g/mol. The number of aromatic nitrogens is 4. The Morgan fingerprint density at radius 3 is 2.73 bits per heavy atom. The van der Waals surface area contributed by atoms with Gasteiger partial charge in [-0.1, -0.05) is 38.1 Å². The van der Waals surface area contributed by atoms with Crippen LogP contribution < -0.4 is 10.2 Å². The second kappa shape index (κ2) is 11.0. The van der Waals surface area contributed by atoms with Crippen LogP contribution in [0.3, 0.4) is 0 Å². The summed E-state index contributed by atoms with van der Waals surface area (Å²) in [6.45, 7) is 8.76. The number of carbonyl (C=O) groups excluding carboxylic acids is 1. The van der Waals surface area contributed by atoms with Gasteiger partial charge in [-0.05, 0) is 76.0 Å². The maximum atomic E-state index is 12.1. The second-order valence-electron chi connectivity index (χ2n) is 11.8. The van der Waals surface area contributed by atoms with Gasteiger partial charge in [0, 0.05) is 54.4 Å². The van der Waals surface area contributed by atoms with E-state index in [-0.39, 0.29) is 17.2 Å².